The predicted molar refractivity (Wildman–Crippen MR) is 84.9 cm³/mol. The molecule has 0 bridgehead atoms. The Morgan fingerprint density at radius 1 is 1.20 bits per heavy atom. The van der Waals surface area contributed by atoms with Gasteiger partial charge in [-0.15, -0.1) is 0 Å². The molecule has 1 aromatic rings. The zero-order chi connectivity index (χ0) is 14.8. The van der Waals surface area contributed by atoms with Crippen molar-refractivity contribution < 1.29 is 13.5 Å². The van der Waals surface area contributed by atoms with Gasteiger partial charge in [0.15, 0.2) is 0 Å². The highest BCUT2D eigenvalue weighted by Crippen LogP contribution is 2.37. The summed E-state index contributed by atoms with van der Waals surface area (Å²) < 4.78 is 27.3. The smallest absolute Gasteiger partial charge is 0.399 e. The van der Waals surface area contributed by atoms with Gasteiger partial charge in [-0.05, 0) is 54.9 Å². The first-order valence-electron chi connectivity index (χ1n) is 6.93. The van der Waals surface area contributed by atoms with Gasteiger partial charge >= 0.3 is 7.12 Å². The maximum absolute atomic E-state index is 12.1. The zero-order valence-electron chi connectivity index (χ0n) is 12.7. The number of hydrogen-bond donors (Lipinski definition) is 2. The van der Waals surface area contributed by atoms with Crippen LogP contribution >= 0.6 is 0 Å². The lowest BCUT2D eigenvalue weighted by Gasteiger charge is -2.32. The highest BCUT2D eigenvalue weighted by Gasteiger charge is 2.51. The predicted octanol–water partition coefficient (Wildman–Crippen LogP) is 1.47. The van der Waals surface area contributed by atoms with Crippen LogP contribution in [-0.4, -0.2) is 28.8 Å². The quantitative estimate of drug-likeness (QED) is 0.609. The molecule has 1 aromatic carbocycles. The topological polar surface area (TPSA) is 47.6 Å². The average molecular weight is 295 g/mol. The van der Waals surface area contributed by atoms with Crippen molar-refractivity contribution >= 4 is 28.4 Å². The molecule has 4 nitrogen and oxygen atoms in total. The summed E-state index contributed by atoms with van der Waals surface area (Å²) in [6.07, 6.45) is 1.78. The first-order valence-corrected chi connectivity index (χ1v) is 9.27. The molecule has 2 aliphatic rings. The minimum Gasteiger partial charge on any atom is -0.399 e. The molecular formula is C14H22BNO3S. The van der Waals surface area contributed by atoms with E-state index in [4.69, 9.17) is 9.31 Å². The van der Waals surface area contributed by atoms with Gasteiger partial charge in [0.05, 0.1) is 11.2 Å². The number of thiol groups is 1. The van der Waals surface area contributed by atoms with E-state index >= 15 is 0 Å². The van der Waals surface area contributed by atoms with Crippen molar-refractivity contribution in [2.75, 3.05) is 11.0 Å². The number of rotatable bonds is 1. The second-order valence-corrected chi connectivity index (χ2v) is 9.62. The molecule has 0 atom stereocenters. The molecule has 2 aliphatic heterocycles. The van der Waals surface area contributed by atoms with Crippen LogP contribution in [0.15, 0.2) is 18.2 Å². The van der Waals surface area contributed by atoms with Gasteiger partial charge in [-0.25, -0.2) is 0 Å². The summed E-state index contributed by atoms with van der Waals surface area (Å²) >= 11 is 0. The Hall–Kier alpha value is -0.845. The van der Waals surface area contributed by atoms with Crippen LogP contribution in [0.1, 0.15) is 33.3 Å². The van der Waals surface area contributed by atoms with Crippen LogP contribution < -0.4 is 10.2 Å². The van der Waals surface area contributed by atoms with Gasteiger partial charge < -0.3 is 14.0 Å². The molecule has 0 radical (unpaired) electrons. The van der Waals surface area contributed by atoms with Gasteiger partial charge in [-0.1, -0.05) is 12.1 Å². The van der Waals surface area contributed by atoms with Crippen LogP contribution in [0.5, 0.6) is 0 Å². The summed E-state index contributed by atoms with van der Waals surface area (Å²) in [4.78, 5) is 0. The Labute approximate surface area is 121 Å². The van der Waals surface area contributed by atoms with Crippen molar-refractivity contribution in [2.45, 2.75) is 44.6 Å². The Bertz CT molecular complexity index is 598. The lowest BCUT2D eigenvalue weighted by Crippen LogP contribution is -2.41. The molecule has 1 saturated heterocycles. The third kappa shape index (κ3) is 2.20. The molecule has 110 valence electrons. The molecule has 1 fully saturated rings. The van der Waals surface area contributed by atoms with Gasteiger partial charge in [0.2, 0.25) is 0 Å². The standard InChI is InChI=1S/C14H22BNO3S/c1-13(2)14(3,4)19-15(18-13)11-7-6-10-9-20(5,17)16-12(10)8-11/h6-8,20H,9H2,1-5H3,(H,16,17). The van der Waals surface area contributed by atoms with E-state index in [0.29, 0.717) is 5.75 Å². The third-order valence-corrected chi connectivity index (χ3v) is 6.15. The number of benzene rings is 1. The van der Waals surface area contributed by atoms with E-state index in [2.05, 4.69) is 4.72 Å². The number of anilines is 1. The molecule has 0 amide bonds. The highest BCUT2D eigenvalue weighted by molar-refractivity contribution is 8.03. The summed E-state index contributed by atoms with van der Waals surface area (Å²) in [6.45, 7) is 8.16. The lowest BCUT2D eigenvalue weighted by atomic mass is 9.78. The van der Waals surface area contributed by atoms with Crippen LogP contribution in [0.4, 0.5) is 5.69 Å². The molecular weight excluding hydrogens is 273 g/mol. The molecule has 0 aromatic heterocycles. The fourth-order valence-electron chi connectivity index (χ4n) is 2.58. The SMILES string of the molecule is CC1(C)OB(c2ccc3c(c2)N[SH](C)(=O)C3)OC1(C)C. The summed E-state index contributed by atoms with van der Waals surface area (Å²) in [7, 11) is -2.63. The molecule has 6 heteroatoms. The molecule has 0 unspecified atom stereocenters. The first-order chi connectivity index (χ1) is 9.10. The maximum Gasteiger partial charge on any atom is 0.494 e. The van der Waals surface area contributed by atoms with Crippen LogP contribution in [0.25, 0.3) is 0 Å². The number of fused-ring (bicyclic) bond motifs is 1. The van der Waals surface area contributed by atoms with Gasteiger partial charge in [-0.3, -0.25) is 4.21 Å². The molecule has 3 rings (SSSR count). The maximum atomic E-state index is 12.1. The fourth-order valence-corrected chi connectivity index (χ4v) is 4.30. The van der Waals surface area contributed by atoms with E-state index in [-0.39, 0.29) is 18.3 Å². The first kappa shape index (κ1) is 14.1. The second-order valence-electron chi connectivity index (χ2n) is 6.88. The van der Waals surface area contributed by atoms with Crippen molar-refractivity contribution in [2.24, 2.45) is 0 Å². The summed E-state index contributed by atoms with van der Waals surface area (Å²) in [5, 5.41) is 0. The molecule has 2 heterocycles. The van der Waals surface area contributed by atoms with Gasteiger partial charge in [0.1, 0.15) is 0 Å². The van der Waals surface area contributed by atoms with Crippen LogP contribution in [0, 0.1) is 0 Å². The summed E-state index contributed by atoms with van der Waals surface area (Å²) in [5.41, 5.74) is 2.34. The summed E-state index contributed by atoms with van der Waals surface area (Å²) in [6, 6.07) is 6.03. The number of nitrogens with one attached hydrogen (secondary N) is 1. The minimum atomic E-state index is -2.26. The minimum absolute atomic E-state index is 0.343. The Morgan fingerprint density at radius 3 is 2.40 bits per heavy atom. The fraction of sp³-hybridized carbons (Fsp3) is 0.571. The monoisotopic (exact) mass is 295 g/mol. The van der Waals surface area contributed by atoms with E-state index in [1.807, 2.05) is 45.9 Å². The molecule has 0 spiro atoms. The lowest BCUT2D eigenvalue weighted by molar-refractivity contribution is 0.00578. The van der Waals surface area contributed by atoms with E-state index in [0.717, 1.165) is 16.7 Å². The second kappa shape index (κ2) is 4.09. The van der Waals surface area contributed by atoms with Gasteiger partial charge in [0.25, 0.3) is 0 Å². The summed E-state index contributed by atoms with van der Waals surface area (Å²) in [5.74, 6) is 0.617. The normalized spacial score (nSPS) is 26.9. The zero-order valence-corrected chi connectivity index (χ0v) is 13.6. The van der Waals surface area contributed by atoms with E-state index in [1.165, 1.54) is 0 Å². The Morgan fingerprint density at radius 2 is 1.80 bits per heavy atom. The Balaban J connectivity index is 1.90. The van der Waals surface area contributed by atoms with E-state index in [9.17, 15) is 4.21 Å². The van der Waals surface area contributed by atoms with Crippen LogP contribution in [-0.2, 0) is 25.2 Å². The number of hydrogen-bond acceptors (Lipinski definition) is 3. The van der Waals surface area contributed by atoms with Gasteiger partial charge in [-0.2, -0.15) is 0 Å². The van der Waals surface area contributed by atoms with Crippen molar-refractivity contribution in [1.82, 2.24) is 0 Å². The van der Waals surface area contributed by atoms with E-state index < -0.39 is 10.1 Å². The molecule has 0 aliphatic carbocycles. The van der Waals surface area contributed by atoms with Crippen molar-refractivity contribution in [1.29, 1.82) is 0 Å². The van der Waals surface area contributed by atoms with Crippen LogP contribution in [0.2, 0.25) is 0 Å². The third-order valence-electron chi connectivity index (χ3n) is 4.49. The Kier molecular flexibility index (Phi) is 2.88. The van der Waals surface area contributed by atoms with Crippen LogP contribution in [0.3, 0.4) is 0 Å². The highest BCUT2D eigenvalue weighted by atomic mass is 32.3. The molecule has 1 N–H and O–H groups in total. The van der Waals surface area contributed by atoms with Crippen molar-refractivity contribution in [3.8, 4) is 0 Å². The van der Waals surface area contributed by atoms with Crippen molar-refractivity contribution in [3.63, 3.8) is 0 Å². The molecule has 0 saturated carbocycles. The van der Waals surface area contributed by atoms with Gasteiger partial charge in [0, 0.05) is 17.7 Å². The largest absolute Gasteiger partial charge is 0.494 e. The average Bonchev–Trinajstić information content (AvgIpc) is 2.69. The van der Waals surface area contributed by atoms with Crippen molar-refractivity contribution in [3.05, 3.63) is 23.8 Å². The van der Waals surface area contributed by atoms with E-state index in [1.54, 1.807) is 6.26 Å². The molecule has 20 heavy (non-hydrogen) atoms.